The van der Waals surface area contributed by atoms with Gasteiger partial charge in [-0.1, -0.05) is 97.9 Å². The van der Waals surface area contributed by atoms with Crippen molar-refractivity contribution < 1.29 is 19.2 Å². The minimum atomic E-state index is -1.24. The van der Waals surface area contributed by atoms with E-state index in [4.69, 9.17) is 11.5 Å². The fraction of sp³-hybridized carbons (Fsp3) is 0.214. The minimum Gasteiger partial charge on any atom is -0.370 e. The van der Waals surface area contributed by atoms with Gasteiger partial charge >= 0.3 is 0 Å². The monoisotopic (exact) mass is 486 g/mol. The number of nitrogens with one attached hydrogen (secondary N) is 2. The number of carbonyl (C=O) groups excluding carboxylic acids is 4. The van der Waals surface area contributed by atoms with Gasteiger partial charge in [0.1, 0.15) is 11.6 Å². The highest BCUT2D eigenvalue weighted by Gasteiger charge is 2.38. The normalized spacial score (nSPS) is 12.7. The molecule has 0 radical (unpaired) electrons. The zero-order valence-electron chi connectivity index (χ0n) is 20.0. The van der Waals surface area contributed by atoms with Gasteiger partial charge in [0.05, 0.1) is 6.42 Å². The maximum atomic E-state index is 13.4. The summed E-state index contributed by atoms with van der Waals surface area (Å²) in [6, 6.07) is 27.5. The molecule has 0 spiro atoms. The van der Waals surface area contributed by atoms with E-state index in [1.807, 2.05) is 91.0 Å². The molecule has 0 fully saturated rings. The van der Waals surface area contributed by atoms with Crippen molar-refractivity contribution in [1.29, 1.82) is 0 Å². The fourth-order valence-corrected chi connectivity index (χ4v) is 4.15. The van der Waals surface area contributed by atoms with Crippen LogP contribution in [0, 0.1) is 5.92 Å². The number of hydrogen-bond donors (Lipinski definition) is 4. The summed E-state index contributed by atoms with van der Waals surface area (Å²) in [5.41, 5.74) is 11.9. The lowest BCUT2D eigenvalue weighted by Gasteiger charge is -2.37. The molecule has 0 aliphatic rings. The van der Waals surface area contributed by atoms with Crippen LogP contribution in [0.3, 0.4) is 0 Å². The first-order valence-corrected chi connectivity index (χ1v) is 11.6. The first-order chi connectivity index (χ1) is 17.2. The van der Waals surface area contributed by atoms with E-state index in [1.54, 1.807) is 6.92 Å². The Hall–Kier alpha value is -4.46. The molecule has 0 aliphatic carbocycles. The van der Waals surface area contributed by atoms with Crippen LogP contribution >= 0.6 is 0 Å². The SMILES string of the molecule is C[C@@H](CC(=O)NC(c1ccccc1)(c1ccccc1)c1ccccc1)C(=O)N[C@@H](CC(N)=O)C(N)=O. The van der Waals surface area contributed by atoms with Gasteiger partial charge in [0.2, 0.25) is 23.6 Å². The van der Waals surface area contributed by atoms with Crippen molar-refractivity contribution in [2.24, 2.45) is 17.4 Å². The molecule has 6 N–H and O–H groups in total. The number of hydrogen-bond acceptors (Lipinski definition) is 4. The first-order valence-electron chi connectivity index (χ1n) is 11.6. The van der Waals surface area contributed by atoms with Gasteiger partial charge in [0, 0.05) is 12.3 Å². The fourth-order valence-electron chi connectivity index (χ4n) is 4.15. The van der Waals surface area contributed by atoms with Crippen molar-refractivity contribution in [3.05, 3.63) is 108 Å². The Balaban J connectivity index is 1.92. The summed E-state index contributed by atoms with van der Waals surface area (Å²) in [6.07, 6.45) is -0.582. The summed E-state index contributed by atoms with van der Waals surface area (Å²) in [5, 5.41) is 5.61. The first kappa shape index (κ1) is 26.2. The molecule has 36 heavy (non-hydrogen) atoms. The largest absolute Gasteiger partial charge is 0.370 e. The molecule has 0 saturated heterocycles. The summed E-state index contributed by atoms with van der Waals surface area (Å²) < 4.78 is 0. The van der Waals surface area contributed by atoms with Gasteiger partial charge in [-0.15, -0.1) is 0 Å². The molecule has 3 aromatic rings. The summed E-state index contributed by atoms with van der Waals surface area (Å²) in [6.45, 7) is 1.56. The average molecular weight is 487 g/mol. The second-order valence-electron chi connectivity index (χ2n) is 8.64. The predicted octanol–water partition coefficient (Wildman–Crippen LogP) is 1.97. The van der Waals surface area contributed by atoms with E-state index < -0.39 is 41.6 Å². The van der Waals surface area contributed by atoms with Gasteiger partial charge in [-0.05, 0) is 16.7 Å². The molecule has 186 valence electrons. The van der Waals surface area contributed by atoms with E-state index in [9.17, 15) is 19.2 Å². The maximum absolute atomic E-state index is 13.4. The molecule has 0 unspecified atom stereocenters. The lowest BCUT2D eigenvalue weighted by Crippen LogP contribution is -2.50. The molecule has 0 aromatic heterocycles. The van der Waals surface area contributed by atoms with Crippen LogP contribution in [0.5, 0.6) is 0 Å². The second-order valence-corrected chi connectivity index (χ2v) is 8.64. The minimum absolute atomic E-state index is 0.165. The predicted molar refractivity (Wildman–Crippen MR) is 136 cm³/mol. The summed E-state index contributed by atoms with van der Waals surface area (Å²) in [7, 11) is 0. The number of carbonyl (C=O) groups is 4. The maximum Gasteiger partial charge on any atom is 0.240 e. The van der Waals surface area contributed by atoms with Crippen LogP contribution in [-0.4, -0.2) is 29.7 Å². The van der Waals surface area contributed by atoms with Crippen molar-refractivity contribution in [3.8, 4) is 0 Å². The zero-order valence-corrected chi connectivity index (χ0v) is 20.0. The molecule has 8 heteroatoms. The number of rotatable bonds is 11. The van der Waals surface area contributed by atoms with Crippen molar-refractivity contribution >= 4 is 23.6 Å². The summed E-state index contributed by atoms with van der Waals surface area (Å²) >= 11 is 0. The van der Waals surface area contributed by atoms with E-state index in [0.29, 0.717) is 0 Å². The standard InChI is InChI=1S/C28H30N4O4/c1-19(27(36)31-23(26(30)35)18-24(29)33)17-25(34)32-28(20-11-5-2-6-12-20,21-13-7-3-8-14-21)22-15-9-4-10-16-22/h2-16,19,23H,17-18H2,1H3,(H2,29,33)(H2,30,35)(H,31,36)(H,32,34)/t19-,23-/m0/s1. The third-order valence-corrected chi connectivity index (χ3v) is 5.95. The second kappa shape index (κ2) is 11.8. The lowest BCUT2D eigenvalue weighted by molar-refractivity contribution is -0.133. The molecule has 8 nitrogen and oxygen atoms in total. The Morgan fingerprint density at radius 3 is 1.50 bits per heavy atom. The molecule has 0 aliphatic heterocycles. The van der Waals surface area contributed by atoms with Crippen LogP contribution in [0.1, 0.15) is 36.5 Å². The van der Waals surface area contributed by atoms with Crippen molar-refractivity contribution in [2.45, 2.75) is 31.3 Å². The van der Waals surface area contributed by atoms with E-state index in [1.165, 1.54) is 0 Å². The van der Waals surface area contributed by atoms with Gasteiger partial charge in [-0.25, -0.2) is 0 Å². The van der Waals surface area contributed by atoms with Crippen LogP contribution < -0.4 is 22.1 Å². The molecule has 2 atom stereocenters. The zero-order chi connectivity index (χ0) is 26.1. The lowest BCUT2D eigenvalue weighted by atomic mass is 9.76. The topological polar surface area (TPSA) is 144 Å². The highest BCUT2D eigenvalue weighted by atomic mass is 16.2. The Kier molecular flexibility index (Phi) is 8.57. The van der Waals surface area contributed by atoms with E-state index in [2.05, 4.69) is 10.6 Å². The Morgan fingerprint density at radius 1 is 0.722 bits per heavy atom. The van der Waals surface area contributed by atoms with Gasteiger partial charge in [0.25, 0.3) is 0 Å². The Labute approximate surface area is 210 Å². The molecule has 4 amide bonds. The van der Waals surface area contributed by atoms with Gasteiger partial charge in [-0.3, -0.25) is 19.2 Å². The van der Waals surface area contributed by atoms with Crippen molar-refractivity contribution in [1.82, 2.24) is 10.6 Å². The molecule has 0 saturated carbocycles. The number of nitrogens with two attached hydrogens (primary N) is 2. The molecule has 3 rings (SSSR count). The van der Waals surface area contributed by atoms with Crippen LogP contribution in [0.2, 0.25) is 0 Å². The number of benzene rings is 3. The van der Waals surface area contributed by atoms with Crippen molar-refractivity contribution in [2.75, 3.05) is 0 Å². The third kappa shape index (κ3) is 6.15. The van der Waals surface area contributed by atoms with Gasteiger partial charge in [0.15, 0.2) is 0 Å². The highest BCUT2D eigenvalue weighted by molar-refractivity contribution is 5.92. The quantitative estimate of drug-likeness (QED) is 0.307. The smallest absolute Gasteiger partial charge is 0.240 e. The van der Waals surface area contributed by atoms with Crippen LogP contribution in [-0.2, 0) is 24.7 Å². The van der Waals surface area contributed by atoms with Crippen LogP contribution in [0.15, 0.2) is 91.0 Å². The van der Waals surface area contributed by atoms with E-state index in [0.717, 1.165) is 16.7 Å². The Bertz CT molecular complexity index is 1100. The summed E-state index contributed by atoms with van der Waals surface area (Å²) in [4.78, 5) is 48.9. The summed E-state index contributed by atoms with van der Waals surface area (Å²) in [5.74, 6) is -3.42. The molecule has 3 aromatic carbocycles. The molecule has 0 bridgehead atoms. The van der Waals surface area contributed by atoms with E-state index in [-0.39, 0.29) is 12.3 Å². The number of amides is 4. The third-order valence-electron chi connectivity index (χ3n) is 5.95. The van der Waals surface area contributed by atoms with Crippen LogP contribution in [0.25, 0.3) is 0 Å². The number of primary amides is 2. The van der Waals surface area contributed by atoms with Gasteiger partial charge < -0.3 is 22.1 Å². The molecular weight excluding hydrogens is 456 g/mol. The average Bonchev–Trinajstić information content (AvgIpc) is 2.88. The van der Waals surface area contributed by atoms with E-state index >= 15 is 0 Å². The van der Waals surface area contributed by atoms with Crippen LogP contribution in [0.4, 0.5) is 0 Å². The Morgan fingerprint density at radius 2 is 1.14 bits per heavy atom. The van der Waals surface area contributed by atoms with Crippen molar-refractivity contribution in [3.63, 3.8) is 0 Å². The molecular formula is C28H30N4O4. The van der Waals surface area contributed by atoms with Gasteiger partial charge in [-0.2, -0.15) is 0 Å². The molecule has 0 heterocycles. The highest BCUT2D eigenvalue weighted by Crippen LogP contribution is 2.37.